The van der Waals surface area contributed by atoms with Crippen LogP contribution in [0.15, 0.2) is 48.5 Å². The number of nitrogens with zero attached hydrogens (tertiary/aromatic N) is 2. The summed E-state index contributed by atoms with van der Waals surface area (Å²) in [6.07, 6.45) is -4.75. The van der Waals surface area contributed by atoms with Crippen LogP contribution in [0.25, 0.3) is 22.8 Å². The number of aromatic nitrogens is 3. The van der Waals surface area contributed by atoms with Crippen LogP contribution in [0.3, 0.4) is 0 Å². The van der Waals surface area contributed by atoms with Crippen LogP contribution in [0, 0.1) is 0 Å². The Bertz CT molecular complexity index is 829. The number of alkyl halides is 3. The zero-order valence-electron chi connectivity index (χ0n) is 11.6. The zero-order chi connectivity index (χ0) is 16.4. The maximum atomic E-state index is 12.3. The number of rotatable bonds is 3. The van der Waals surface area contributed by atoms with Gasteiger partial charge in [-0.3, -0.25) is 5.10 Å². The third-order valence-corrected chi connectivity index (χ3v) is 3.03. The van der Waals surface area contributed by atoms with Gasteiger partial charge in [-0.1, -0.05) is 24.3 Å². The summed E-state index contributed by atoms with van der Waals surface area (Å²) in [5, 5.41) is 6.74. The number of halogens is 3. The second kappa shape index (κ2) is 5.64. The molecule has 3 N–H and O–H groups in total. The number of aromatic amines is 1. The largest absolute Gasteiger partial charge is 0.573 e. The van der Waals surface area contributed by atoms with Gasteiger partial charge in [-0.15, -0.1) is 13.2 Å². The van der Waals surface area contributed by atoms with E-state index >= 15 is 0 Å². The first-order chi connectivity index (χ1) is 10.9. The second-order valence-electron chi connectivity index (χ2n) is 4.67. The summed E-state index contributed by atoms with van der Waals surface area (Å²) in [4.78, 5) is 4.27. The normalized spacial score (nSPS) is 11.4. The second-order valence-corrected chi connectivity index (χ2v) is 4.67. The van der Waals surface area contributed by atoms with Crippen molar-refractivity contribution in [2.45, 2.75) is 6.36 Å². The number of ether oxygens (including phenoxy) is 1. The Hall–Kier alpha value is -3.03. The maximum Gasteiger partial charge on any atom is 0.573 e. The Morgan fingerprint density at radius 2 is 1.83 bits per heavy atom. The van der Waals surface area contributed by atoms with Gasteiger partial charge in [-0.2, -0.15) is 5.10 Å². The van der Waals surface area contributed by atoms with E-state index in [9.17, 15) is 13.2 Å². The van der Waals surface area contributed by atoms with Gasteiger partial charge in [0.05, 0.1) is 0 Å². The highest BCUT2D eigenvalue weighted by Gasteiger charge is 2.31. The van der Waals surface area contributed by atoms with Gasteiger partial charge in [-0.25, -0.2) is 4.98 Å². The van der Waals surface area contributed by atoms with E-state index in [1.165, 1.54) is 18.2 Å². The third-order valence-electron chi connectivity index (χ3n) is 3.03. The van der Waals surface area contributed by atoms with E-state index in [0.29, 0.717) is 22.6 Å². The zero-order valence-corrected chi connectivity index (χ0v) is 11.6. The fraction of sp³-hybridized carbons (Fsp3) is 0.0667. The first-order valence-electron chi connectivity index (χ1n) is 6.56. The number of anilines is 1. The predicted octanol–water partition coefficient (Wildman–Crippen LogP) is 3.62. The van der Waals surface area contributed by atoms with Crippen LogP contribution in [-0.2, 0) is 0 Å². The van der Waals surface area contributed by atoms with E-state index in [1.54, 1.807) is 30.3 Å². The van der Waals surface area contributed by atoms with Crippen LogP contribution < -0.4 is 10.5 Å². The predicted molar refractivity (Wildman–Crippen MR) is 78.4 cm³/mol. The Balaban J connectivity index is 1.92. The molecule has 0 radical (unpaired) electrons. The molecule has 8 heteroatoms. The van der Waals surface area contributed by atoms with Crippen LogP contribution in [0.2, 0.25) is 0 Å². The van der Waals surface area contributed by atoms with Crippen LogP contribution in [-0.4, -0.2) is 21.5 Å². The van der Waals surface area contributed by atoms with E-state index in [-0.39, 0.29) is 11.6 Å². The Morgan fingerprint density at radius 3 is 2.57 bits per heavy atom. The fourth-order valence-corrected chi connectivity index (χ4v) is 2.06. The van der Waals surface area contributed by atoms with Crippen molar-refractivity contribution in [1.29, 1.82) is 0 Å². The van der Waals surface area contributed by atoms with Crippen molar-refractivity contribution >= 4 is 5.69 Å². The van der Waals surface area contributed by atoms with Crippen molar-refractivity contribution in [2.24, 2.45) is 0 Å². The summed E-state index contributed by atoms with van der Waals surface area (Å²) in [6.45, 7) is 0. The third kappa shape index (κ3) is 3.42. The van der Waals surface area contributed by atoms with Gasteiger partial charge in [0.25, 0.3) is 0 Å². The van der Waals surface area contributed by atoms with Crippen LogP contribution in [0.1, 0.15) is 0 Å². The minimum atomic E-state index is -4.75. The molecular formula is C15H11F3N4O. The maximum absolute atomic E-state index is 12.3. The number of hydrogen-bond acceptors (Lipinski definition) is 4. The molecule has 2 aromatic carbocycles. The number of nitrogen functional groups attached to an aromatic ring is 1. The molecule has 0 aliphatic heterocycles. The van der Waals surface area contributed by atoms with E-state index < -0.39 is 6.36 Å². The highest BCUT2D eigenvalue weighted by atomic mass is 19.4. The average Bonchev–Trinajstić information content (AvgIpc) is 2.96. The van der Waals surface area contributed by atoms with Gasteiger partial charge in [0.1, 0.15) is 5.75 Å². The Morgan fingerprint density at radius 1 is 1.04 bits per heavy atom. The molecule has 0 saturated heterocycles. The summed E-state index contributed by atoms with van der Waals surface area (Å²) in [5.74, 6) is 0.344. The van der Waals surface area contributed by atoms with Crippen LogP contribution in [0.5, 0.6) is 5.75 Å². The van der Waals surface area contributed by atoms with Crippen LogP contribution >= 0.6 is 0 Å². The van der Waals surface area contributed by atoms with Crippen molar-refractivity contribution in [3.63, 3.8) is 0 Å². The molecule has 23 heavy (non-hydrogen) atoms. The Labute approximate surface area is 128 Å². The van der Waals surface area contributed by atoms with E-state index in [2.05, 4.69) is 19.9 Å². The quantitative estimate of drug-likeness (QED) is 0.723. The Kier molecular flexibility index (Phi) is 3.65. The summed E-state index contributed by atoms with van der Waals surface area (Å²) < 4.78 is 40.7. The molecule has 0 spiro atoms. The van der Waals surface area contributed by atoms with Gasteiger partial charge in [0.15, 0.2) is 11.6 Å². The van der Waals surface area contributed by atoms with Crippen molar-refractivity contribution in [1.82, 2.24) is 15.2 Å². The van der Waals surface area contributed by atoms with Gasteiger partial charge >= 0.3 is 6.36 Å². The average molecular weight is 320 g/mol. The topological polar surface area (TPSA) is 76.8 Å². The molecule has 0 amide bonds. The fourth-order valence-electron chi connectivity index (χ4n) is 2.06. The lowest BCUT2D eigenvalue weighted by Gasteiger charge is -2.08. The molecule has 3 rings (SSSR count). The molecular weight excluding hydrogens is 309 g/mol. The lowest BCUT2D eigenvalue weighted by molar-refractivity contribution is -0.274. The number of H-pyrrole nitrogens is 1. The van der Waals surface area contributed by atoms with Crippen molar-refractivity contribution < 1.29 is 17.9 Å². The number of para-hydroxylation sites is 1. The molecule has 0 saturated carbocycles. The summed E-state index contributed by atoms with van der Waals surface area (Å²) in [7, 11) is 0. The van der Waals surface area contributed by atoms with Gasteiger partial charge < -0.3 is 10.5 Å². The number of nitrogens with two attached hydrogens (primary N) is 1. The van der Waals surface area contributed by atoms with Gasteiger partial charge in [0.2, 0.25) is 0 Å². The van der Waals surface area contributed by atoms with Crippen molar-refractivity contribution in [3.8, 4) is 28.5 Å². The number of hydrogen-bond donors (Lipinski definition) is 2. The molecule has 0 bridgehead atoms. The van der Waals surface area contributed by atoms with Crippen molar-refractivity contribution in [3.05, 3.63) is 48.5 Å². The summed E-state index contributed by atoms with van der Waals surface area (Å²) in [6, 6.07) is 12.5. The molecule has 0 aliphatic rings. The standard InChI is InChI=1S/C15H11F3N4O/c16-15(17,18)23-10-5-3-4-9(8-10)13-20-14(22-21-13)11-6-1-2-7-12(11)19/h1-8H,19H2,(H,20,21,22). The van der Waals surface area contributed by atoms with E-state index in [1.807, 2.05) is 0 Å². The van der Waals surface area contributed by atoms with Crippen LogP contribution in [0.4, 0.5) is 18.9 Å². The first-order valence-corrected chi connectivity index (χ1v) is 6.56. The molecule has 3 aromatic rings. The van der Waals surface area contributed by atoms with Gasteiger partial charge in [0, 0.05) is 16.8 Å². The summed E-state index contributed by atoms with van der Waals surface area (Å²) >= 11 is 0. The SMILES string of the molecule is Nc1ccccc1-c1nc(-c2cccc(OC(F)(F)F)c2)n[nH]1. The highest BCUT2D eigenvalue weighted by Crippen LogP contribution is 2.28. The lowest BCUT2D eigenvalue weighted by atomic mass is 10.1. The smallest absolute Gasteiger partial charge is 0.406 e. The number of nitrogens with one attached hydrogen (secondary N) is 1. The van der Waals surface area contributed by atoms with Gasteiger partial charge in [-0.05, 0) is 24.3 Å². The minimum Gasteiger partial charge on any atom is -0.406 e. The molecule has 5 nitrogen and oxygen atoms in total. The molecule has 0 atom stereocenters. The van der Waals surface area contributed by atoms with Crippen molar-refractivity contribution in [2.75, 3.05) is 5.73 Å². The lowest BCUT2D eigenvalue weighted by Crippen LogP contribution is -2.17. The van der Waals surface area contributed by atoms with E-state index in [0.717, 1.165) is 0 Å². The highest BCUT2D eigenvalue weighted by molar-refractivity contribution is 5.72. The summed E-state index contributed by atoms with van der Waals surface area (Å²) in [5.41, 5.74) is 7.43. The minimum absolute atomic E-state index is 0.246. The first kappa shape index (κ1) is 14.9. The molecule has 1 aromatic heterocycles. The molecule has 118 valence electrons. The monoisotopic (exact) mass is 320 g/mol. The molecule has 0 fully saturated rings. The molecule has 1 heterocycles. The molecule has 0 unspecified atom stereocenters. The number of benzene rings is 2. The van der Waals surface area contributed by atoms with E-state index in [4.69, 9.17) is 5.73 Å². The molecule has 0 aliphatic carbocycles.